The van der Waals surface area contributed by atoms with Crippen molar-refractivity contribution in [1.82, 2.24) is 9.80 Å². The lowest BCUT2D eigenvalue weighted by Crippen LogP contribution is -2.52. The minimum atomic E-state index is -0.656. The number of carbonyl (C=O) groups is 3. The minimum Gasteiger partial charge on any atom is -0.450 e. The Kier molecular flexibility index (Phi) is 4.19. The van der Waals surface area contributed by atoms with E-state index in [0.29, 0.717) is 10.9 Å². The van der Waals surface area contributed by atoms with E-state index in [9.17, 15) is 14.4 Å². The van der Waals surface area contributed by atoms with Crippen LogP contribution < -0.4 is 0 Å². The molecule has 1 aromatic carbocycles. The summed E-state index contributed by atoms with van der Waals surface area (Å²) < 4.78 is 5.72. The molecular formula is C19H15N3O4S. The molecule has 2 aliphatic rings. The van der Waals surface area contributed by atoms with Crippen LogP contribution in [-0.4, -0.2) is 46.8 Å². The molecule has 4 rings (SSSR count). The zero-order valence-corrected chi connectivity index (χ0v) is 15.4. The van der Waals surface area contributed by atoms with Gasteiger partial charge in [0.2, 0.25) is 0 Å². The fourth-order valence-electron chi connectivity index (χ4n) is 2.87. The third-order valence-electron chi connectivity index (χ3n) is 4.33. The first-order chi connectivity index (χ1) is 12.9. The van der Waals surface area contributed by atoms with E-state index < -0.39 is 17.8 Å². The van der Waals surface area contributed by atoms with Crippen molar-refractivity contribution in [2.45, 2.75) is 11.5 Å². The highest BCUT2D eigenvalue weighted by atomic mass is 32.2. The van der Waals surface area contributed by atoms with E-state index in [2.05, 4.69) is 4.99 Å². The molecule has 0 unspecified atom stereocenters. The molecular weight excluding hydrogens is 366 g/mol. The molecule has 27 heavy (non-hydrogen) atoms. The van der Waals surface area contributed by atoms with Gasteiger partial charge >= 0.3 is 6.03 Å². The van der Waals surface area contributed by atoms with Crippen LogP contribution in [0.15, 0.2) is 56.5 Å². The Bertz CT molecular complexity index is 1010. The number of amides is 4. The average Bonchev–Trinajstić information content (AvgIpc) is 3.28. The highest BCUT2D eigenvalue weighted by Gasteiger charge is 2.38. The van der Waals surface area contributed by atoms with Gasteiger partial charge in [-0.15, -0.1) is 0 Å². The van der Waals surface area contributed by atoms with Gasteiger partial charge in [0.15, 0.2) is 5.09 Å². The van der Waals surface area contributed by atoms with E-state index in [1.807, 2.05) is 24.3 Å². The lowest BCUT2D eigenvalue weighted by atomic mass is 10.1. The fourth-order valence-corrected chi connectivity index (χ4v) is 3.74. The largest absolute Gasteiger partial charge is 0.450 e. The molecule has 4 amide bonds. The summed E-state index contributed by atoms with van der Waals surface area (Å²) in [6.07, 6.45) is 2.10. The topological polar surface area (TPSA) is 83.2 Å². The number of thioether (sulfide) groups is 1. The number of para-hydroxylation sites is 1. The fraction of sp³-hybridized carbons (Fsp3) is 0.158. The number of likely N-dealkylation sites (N-methyl/N-ethyl adjacent to an activating group) is 2. The van der Waals surface area contributed by atoms with Gasteiger partial charge in [-0.1, -0.05) is 18.2 Å². The zero-order valence-electron chi connectivity index (χ0n) is 14.6. The van der Waals surface area contributed by atoms with Gasteiger partial charge in [-0.2, -0.15) is 0 Å². The number of furan rings is 1. The number of nitrogens with zero attached hydrogens (tertiary/aromatic N) is 3. The standard InChI is InChI=1S/C19H15N3O4S/c1-21-17(23)13(18(24)22(2)19(21)25)10-12-7-8-16(26-12)27-15-9-11-5-3-4-6-14(11)20-15/h3-8,10H,9H2,1-2H3. The van der Waals surface area contributed by atoms with Gasteiger partial charge in [0.1, 0.15) is 11.3 Å². The van der Waals surface area contributed by atoms with Crippen molar-refractivity contribution < 1.29 is 18.8 Å². The Morgan fingerprint density at radius 2 is 1.74 bits per heavy atom. The normalized spacial score (nSPS) is 16.7. The monoisotopic (exact) mass is 381 g/mol. The first-order valence-electron chi connectivity index (χ1n) is 8.19. The average molecular weight is 381 g/mol. The molecule has 2 aromatic rings. The molecule has 0 bridgehead atoms. The number of carbonyl (C=O) groups excluding carboxylic acids is 3. The lowest BCUT2D eigenvalue weighted by molar-refractivity contribution is -0.134. The predicted molar refractivity (Wildman–Crippen MR) is 101 cm³/mol. The molecule has 3 heterocycles. The molecule has 7 nitrogen and oxygen atoms in total. The highest BCUT2D eigenvalue weighted by Crippen LogP contribution is 2.34. The zero-order chi connectivity index (χ0) is 19.1. The molecule has 136 valence electrons. The third kappa shape index (κ3) is 3.08. The van der Waals surface area contributed by atoms with Gasteiger partial charge in [0.25, 0.3) is 11.8 Å². The molecule has 0 atom stereocenters. The molecule has 0 spiro atoms. The second-order valence-electron chi connectivity index (χ2n) is 6.14. The number of imide groups is 2. The van der Waals surface area contributed by atoms with E-state index in [-0.39, 0.29) is 5.57 Å². The van der Waals surface area contributed by atoms with Crippen LogP contribution >= 0.6 is 11.8 Å². The Morgan fingerprint density at radius 1 is 1.04 bits per heavy atom. The van der Waals surface area contributed by atoms with Crippen LogP contribution in [0, 0.1) is 0 Å². The summed E-state index contributed by atoms with van der Waals surface area (Å²) in [5.74, 6) is -0.935. The molecule has 0 aliphatic carbocycles. The molecule has 2 aliphatic heterocycles. The van der Waals surface area contributed by atoms with E-state index in [0.717, 1.165) is 27.0 Å². The summed E-state index contributed by atoms with van der Waals surface area (Å²) in [6.45, 7) is 0. The van der Waals surface area contributed by atoms with Crippen molar-refractivity contribution in [3.05, 3.63) is 53.3 Å². The number of barbiturate groups is 1. The van der Waals surface area contributed by atoms with Crippen LogP contribution in [0.25, 0.3) is 6.08 Å². The van der Waals surface area contributed by atoms with E-state index in [1.54, 1.807) is 12.1 Å². The quantitative estimate of drug-likeness (QED) is 0.590. The van der Waals surface area contributed by atoms with Gasteiger partial charge in [-0.3, -0.25) is 19.4 Å². The Balaban J connectivity index is 1.53. The number of rotatable bonds is 2. The summed E-state index contributed by atoms with van der Waals surface area (Å²) in [6, 6.07) is 10.7. The molecule has 0 saturated carbocycles. The Morgan fingerprint density at radius 3 is 2.44 bits per heavy atom. The number of aliphatic imine (C=N–C) groups is 1. The first-order valence-corrected chi connectivity index (χ1v) is 9.00. The van der Waals surface area contributed by atoms with Crippen LogP contribution in [0.1, 0.15) is 11.3 Å². The number of fused-ring (bicyclic) bond motifs is 1. The summed E-state index contributed by atoms with van der Waals surface area (Å²) in [7, 11) is 2.67. The van der Waals surface area contributed by atoms with Crippen molar-refractivity contribution in [2.75, 3.05) is 14.1 Å². The second kappa shape index (κ2) is 6.55. The smallest absolute Gasteiger partial charge is 0.333 e. The number of benzene rings is 1. The SMILES string of the molecule is CN1C(=O)C(=Cc2ccc(SC3=Nc4ccccc4C3)o2)C(=O)N(C)C1=O. The van der Waals surface area contributed by atoms with Crippen molar-refractivity contribution in [3.63, 3.8) is 0 Å². The number of hydrogen-bond donors (Lipinski definition) is 0. The number of hydrogen-bond acceptors (Lipinski definition) is 6. The molecule has 1 saturated heterocycles. The van der Waals surface area contributed by atoms with E-state index in [4.69, 9.17) is 4.42 Å². The van der Waals surface area contributed by atoms with E-state index >= 15 is 0 Å². The van der Waals surface area contributed by atoms with Crippen molar-refractivity contribution in [1.29, 1.82) is 0 Å². The molecule has 8 heteroatoms. The van der Waals surface area contributed by atoms with Crippen LogP contribution in [0.4, 0.5) is 10.5 Å². The summed E-state index contributed by atoms with van der Waals surface area (Å²) in [4.78, 5) is 42.6. The van der Waals surface area contributed by atoms with Crippen LogP contribution in [0.2, 0.25) is 0 Å². The molecule has 1 aromatic heterocycles. The van der Waals surface area contributed by atoms with Crippen LogP contribution in [0.3, 0.4) is 0 Å². The van der Waals surface area contributed by atoms with Crippen LogP contribution in [0.5, 0.6) is 0 Å². The van der Waals surface area contributed by atoms with Gasteiger partial charge in [0.05, 0.1) is 10.7 Å². The maximum absolute atomic E-state index is 12.2. The molecule has 0 N–H and O–H groups in total. The van der Waals surface area contributed by atoms with Gasteiger partial charge in [-0.05, 0) is 41.6 Å². The molecule has 1 fully saturated rings. The van der Waals surface area contributed by atoms with Crippen molar-refractivity contribution in [2.24, 2.45) is 4.99 Å². The minimum absolute atomic E-state index is 0.115. The van der Waals surface area contributed by atoms with Gasteiger partial charge < -0.3 is 4.42 Å². The van der Waals surface area contributed by atoms with Gasteiger partial charge in [-0.25, -0.2) is 9.79 Å². The summed E-state index contributed by atoms with van der Waals surface area (Å²) in [5.41, 5.74) is 2.02. The van der Waals surface area contributed by atoms with Gasteiger partial charge in [0, 0.05) is 20.5 Å². The predicted octanol–water partition coefficient (Wildman–Crippen LogP) is 3.09. The number of urea groups is 1. The first kappa shape index (κ1) is 17.3. The summed E-state index contributed by atoms with van der Waals surface area (Å²) in [5, 5.41) is 1.53. The lowest BCUT2D eigenvalue weighted by Gasteiger charge is -2.28. The van der Waals surface area contributed by atoms with Crippen LogP contribution in [-0.2, 0) is 16.0 Å². The third-order valence-corrected chi connectivity index (χ3v) is 5.22. The van der Waals surface area contributed by atoms with Crippen molar-refractivity contribution >= 4 is 46.4 Å². The summed E-state index contributed by atoms with van der Waals surface area (Å²) >= 11 is 1.40. The van der Waals surface area contributed by atoms with Crippen molar-refractivity contribution in [3.8, 4) is 0 Å². The Hall–Kier alpha value is -3.13. The highest BCUT2D eigenvalue weighted by molar-refractivity contribution is 8.13. The Labute approximate surface area is 159 Å². The maximum Gasteiger partial charge on any atom is 0.333 e. The van der Waals surface area contributed by atoms with E-state index in [1.165, 1.54) is 37.5 Å². The second-order valence-corrected chi connectivity index (χ2v) is 7.22. The maximum atomic E-state index is 12.2. The molecule has 0 radical (unpaired) electrons.